The number of carbonyl (C=O) groups excluding carboxylic acids is 1. The van der Waals surface area contributed by atoms with Crippen molar-refractivity contribution in [2.45, 2.75) is 6.92 Å². The quantitative estimate of drug-likeness (QED) is 0.742. The van der Waals surface area contributed by atoms with Gasteiger partial charge in [0.2, 0.25) is 0 Å². The molecule has 0 aliphatic heterocycles. The maximum absolute atomic E-state index is 11.7. The van der Waals surface area contributed by atoms with Crippen LogP contribution >= 0.6 is 11.6 Å². The molecule has 0 saturated carbocycles. The fourth-order valence-electron chi connectivity index (χ4n) is 1.59. The van der Waals surface area contributed by atoms with E-state index in [1.807, 2.05) is 19.1 Å². The van der Waals surface area contributed by atoms with Gasteiger partial charge >= 0.3 is 6.03 Å². The van der Waals surface area contributed by atoms with E-state index in [-0.39, 0.29) is 6.03 Å². The van der Waals surface area contributed by atoms with Gasteiger partial charge in [-0.1, -0.05) is 23.7 Å². The highest BCUT2D eigenvalue weighted by atomic mass is 35.5. The third-order valence-electron chi connectivity index (χ3n) is 2.64. The summed E-state index contributed by atoms with van der Waals surface area (Å²) in [4.78, 5) is 11.7. The summed E-state index contributed by atoms with van der Waals surface area (Å²) in [6.07, 6.45) is 0. The highest BCUT2D eigenvalue weighted by Gasteiger charge is 2.03. The number of rotatable bonds is 5. The number of carbonyl (C=O) groups is 1. The molecule has 21 heavy (non-hydrogen) atoms. The number of anilines is 2. The minimum atomic E-state index is -0.306. The molecule has 0 atom stereocenters. The fraction of sp³-hybridized carbons (Fsp3) is 0.214. The molecule has 0 aliphatic carbocycles. The Morgan fingerprint density at radius 1 is 1.14 bits per heavy atom. The predicted octanol–water partition coefficient (Wildman–Crippen LogP) is 2.67. The van der Waals surface area contributed by atoms with Crippen molar-refractivity contribution in [1.29, 1.82) is 0 Å². The van der Waals surface area contributed by atoms with Gasteiger partial charge in [0.05, 0.1) is 16.4 Å². The molecule has 2 rings (SSSR count). The minimum Gasteiger partial charge on any atom is -0.367 e. The van der Waals surface area contributed by atoms with Gasteiger partial charge < -0.3 is 16.0 Å². The summed E-state index contributed by atoms with van der Waals surface area (Å²) in [6.45, 7) is 2.87. The summed E-state index contributed by atoms with van der Waals surface area (Å²) < 4.78 is 0. The van der Waals surface area contributed by atoms with Crippen LogP contribution in [0.5, 0.6) is 0 Å². The first-order valence-corrected chi connectivity index (χ1v) is 6.86. The van der Waals surface area contributed by atoms with Gasteiger partial charge in [-0.2, -0.15) is 5.10 Å². The number of hydrogen-bond donors (Lipinski definition) is 3. The Balaban J connectivity index is 1.70. The van der Waals surface area contributed by atoms with Gasteiger partial charge in [0.15, 0.2) is 0 Å². The number of aryl methyl sites for hydroxylation is 1. The molecule has 1 heterocycles. The molecule has 2 amide bonds. The lowest BCUT2D eigenvalue weighted by Crippen LogP contribution is -2.32. The van der Waals surface area contributed by atoms with Gasteiger partial charge in [-0.3, -0.25) is 0 Å². The van der Waals surface area contributed by atoms with E-state index < -0.39 is 0 Å². The average Bonchev–Trinajstić information content (AvgIpc) is 2.48. The molecule has 0 unspecified atom stereocenters. The zero-order valence-corrected chi connectivity index (χ0v) is 12.3. The van der Waals surface area contributed by atoms with Crippen LogP contribution in [-0.2, 0) is 0 Å². The lowest BCUT2D eigenvalue weighted by atomic mass is 10.3. The van der Waals surface area contributed by atoms with Crippen LogP contribution in [0, 0.1) is 6.92 Å². The second kappa shape index (κ2) is 7.44. The number of amides is 2. The number of hydrogen-bond acceptors (Lipinski definition) is 4. The maximum Gasteiger partial charge on any atom is 0.319 e. The molecular weight excluding hydrogens is 290 g/mol. The predicted molar refractivity (Wildman–Crippen MR) is 83.7 cm³/mol. The van der Waals surface area contributed by atoms with Crippen molar-refractivity contribution in [3.63, 3.8) is 0 Å². The van der Waals surface area contributed by atoms with E-state index in [0.29, 0.717) is 29.6 Å². The number of nitrogens with zero attached hydrogens (tertiary/aromatic N) is 2. The largest absolute Gasteiger partial charge is 0.367 e. The Labute approximate surface area is 127 Å². The normalized spacial score (nSPS) is 10.0. The molecule has 6 nitrogen and oxygen atoms in total. The van der Waals surface area contributed by atoms with Crippen molar-refractivity contribution >= 4 is 29.1 Å². The Hall–Kier alpha value is -2.34. The summed E-state index contributed by atoms with van der Waals surface area (Å²) >= 11 is 5.95. The number of urea groups is 1. The van der Waals surface area contributed by atoms with Gasteiger partial charge in [0, 0.05) is 13.1 Å². The van der Waals surface area contributed by atoms with Crippen LogP contribution in [0.3, 0.4) is 0 Å². The molecule has 110 valence electrons. The summed E-state index contributed by atoms with van der Waals surface area (Å²) in [5.74, 6) is 0.675. The van der Waals surface area contributed by atoms with Crippen LogP contribution < -0.4 is 16.0 Å². The van der Waals surface area contributed by atoms with Crippen LogP contribution in [-0.4, -0.2) is 29.3 Å². The molecule has 0 fully saturated rings. The van der Waals surface area contributed by atoms with E-state index in [1.165, 1.54) is 0 Å². The van der Waals surface area contributed by atoms with Crippen LogP contribution in [0.2, 0.25) is 5.02 Å². The maximum atomic E-state index is 11.7. The lowest BCUT2D eigenvalue weighted by Gasteiger charge is -2.09. The van der Waals surface area contributed by atoms with Gasteiger partial charge in [-0.05, 0) is 31.2 Å². The monoisotopic (exact) mass is 305 g/mol. The number of para-hydroxylation sites is 1. The topological polar surface area (TPSA) is 78.9 Å². The van der Waals surface area contributed by atoms with Crippen LogP contribution in [0.4, 0.5) is 16.3 Å². The van der Waals surface area contributed by atoms with Crippen LogP contribution in [0.1, 0.15) is 5.69 Å². The van der Waals surface area contributed by atoms with Crippen molar-refractivity contribution in [2.75, 3.05) is 23.7 Å². The summed E-state index contributed by atoms with van der Waals surface area (Å²) in [5.41, 5.74) is 1.44. The SMILES string of the molecule is Cc1ccc(NCCNC(=O)Nc2ccccc2Cl)nn1. The summed E-state index contributed by atoms with van der Waals surface area (Å²) in [6, 6.07) is 10.5. The average molecular weight is 306 g/mol. The first kappa shape index (κ1) is 15.1. The van der Waals surface area contributed by atoms with E-state index in [0.717, 1.165) is 5.69 Å². The smallest absolute Gasteiger partial charge is 0.319 e. The second-order valence-electron chi connectivity index (χ2n) is 4.35. The van der Waals surface area contributed by atoms with Gasteiger partial charge in [0.1, 0.15) is 5.82 Å². The molecule has 0 spiro atoms. The molecule has 1 aromatic carbocycles. The molecule has 0 bridgehead atoms. The van der Waals surface area contributed by atoms with Crippen molar-refractivity contribution in [3.8, 4) is 0 Å². The number of aromatic nitrogens is 2. The van der Waals surface area contributed by atoms with E-state index >= 15 is 0 Å². The van der Waals surface area contributed by atoms with Crippen molar-refractivity contribution < 1.29 is 4.79 Å². The third kappa shape index (κ3) is 4.92. The Morgan fingerprint density at radius 2 is 1.95 bits per heavy atom. The van der Waals surface area contributed by atoms with Gasteiger partial charge in [0.25, 0.3) is 0 Å². The van der Waals surface area contributed by atoms with Gasteiger partial charge in [-0.15, -0.1) is 5.10 Å². The Morgan fingerprint density at radius 3 is 2.67 bits per heavy atom. The highest BCUT2D eigenvalue weighted by molar-refractivity contribution is 6.33. The van der Waals surface area contributed by atoms with Crippen molar-refractivity contribution in [3.05, 3.63) is 47.1 Å². The first-order chi connectivity index (χ1) is 10.1. The third-order valence-corrected chi connectivity index (χ3v) is 2.97. The minimum absolute atomic E-state index is 0.306. The van der Waals surface area contributed by atoms with Gasteiger partial charge in [-0.25, -0.2) is 4.79 Å². The van der Waals surface area contributed by atoms with E-state index in [1.54, 1.807) is 24.3 Å². The van der Waals surface area contributed by atoms with Crippen LogP contribution in [0.15, 0.2) is 36.4 Å². The number of benzene rings is 1. The van der Waals surface area contributed by atoms with Crippen molar-refractivity contribution in [1.82, 2.24) is 15.5 Å². The Bertz CT molecular complexity index is 603. The summed E-state index contributed by atoms with van der Waals surface area (Å²) in [5, 5.41) is 16.9. The van der Waals surface area contributed by atoms with Crippen LogP contribution in [0.25, 0.3) is 0 Å². The molecule has 0 radical (unpaired) electrons. The number of halogens is 1. The molecule has 3 N–H and O–H groups in total. The molecule has 2 aromatic rings. The van der Waals surface area contributed by atoms with E-state index in [4.69, 9.17) is 11.6 Å². The first-order valence-electron chi connectivity index (χ1n) is 6.49. The Kier molecular flexibility index (Phi) is 5.34. The lowest BCUT2D eigenvalue weighted by molar-refractivity contribution is 0.252. The molecular formula is C14H16ClN5O. The zero-order valence-electron chi connectivity index (χ0n) is 11.6. The van der Waals surface area contributed by atoms with E-state index in [9.17, 15) is 4.79 Å². The standard InChI is InChI=1S/C14H16ClN5O/c1-10-6-7-13(20-19-10)16-8-9-17-14(21)18-12-5-3-2-4-11(12)15/h2-7H,8-9H2,1H3,(H,16,20)(H2,17,18,21). The van der Waals surface area contributed by atoms with E-state index in [2.05, 4.69) is 26.1 Å². The molecule has 7 heteroatoms. The highest BCUT2D eigenvalue weighted by Crippen LogP contribution is 2.19. The molecule has 0 saturated heterocycles. The molecule has 0 aliphatic rings. The molecule has 1 aromatic heterocycles. The zero-order chi connectivity index (χ0) is 15.1. The fourth-order valence-corrected chi connectivity index (χ4v) is 1.77. The summed E-state index contributed by atoms with van der Waals surface area (Å²) in [7, 11) is 0. The van der Waals surface area contributed by atoms with Crippen molar-refractivity contribution in [2.24, 2.45) is 0 Å². The second-order valence-corrected chi connectivity index (χ2v) is 4.75. The number of nitrogens with one attached hydrogen (secondary N) is 3.